The maximum atomic E-state index is 12.6. The molecule has 0 bridgehead atoms. The summed E-state index contributed by atoms with van der Waals surface area (Å²) in [4.78, 5) is 28.5. The summed E-state index contributed by atoms with van der Waals surface area (Å²) < 4.78 is 0. The Morgan fingerprint density at radius 1 is 1.17 bits per heavy atom. The molecule has 2 amide bonds. The molecule has 24 heavy (non-hydrogen) atoms. The first-order valence-corrected chi connectivity index (χ1v) is 9.08. The molecule has 0 N–H and O–H groups in total. The van der Waals surface area contributed by atoms with Gasteiger partial charge in [-0.05, 0) is 62.8 Å². The largest absolute Gasteiger partial charge is 0.340 e. The predicted octanol–water partition coefficient (Wildman–Crippen LogP) is 3.84. The zero-order valence-corrected chi connectivity index (χ0v) is 15.5. The lowest BCUT2D eigenvalue weighted by Crippen LogP contribution is -2.44. The lowest BCUT2D eigenvalue weighted by atomic mass is 9.99. The quantitative estimate of drug-likeness (QED) is 0.823. The van der Waals surface area contributed by atoms with Gasteiger partial charge in [0.2, 0.25) is 11.8 Å². The summed E-state index contributed by atoms with van der Waals surface area (Å²) in [7, 11) is 0. The standard InChI is InChI=1S/C20H30N2O2/c1-5-18-8-6-7-10-22(18)20(24)9-11-21(17(4)23)19-13-15(2)12-16(3)14-19/h12-14,18H,5-11H2,1-4H3. The van der Waals surface area contributed by atoms with E-state index in [0.29, 0.717) is 19.0 Å². The second kappa shape index (κ2) is 8.32. The van der Waals surface area contributed by atoms with E-state index in [2.05, 4.69) is 13.0 Å². The zero-order chi connectivity index (χ0) is 17.7. The molecule has 2 rings (SSSR count). The second-order valence-electron chi connectivity index (χ2n) is 6.91. The number of aryl methyl sites for hydroxylation is 2. The van der Waals surface area contributed by atoms with Gasteiger partial charge in [0.05, 0.1) is 0 Å². The highest BCUT2D eigenvalue weighted by molar-refractivity contribution is 5.92. The summed E-state index contributed by atoms with van der Waals surface area (Å²) in [6, 6.07) is 6.48. The monoisotopic (exact) mass is 330 g/mol. The van der Waals surface area contributed by atoms with E-state index in [9.17, 15) is 9.59 Å². The van der Waals surface area contributed by atoms with Gasteiger partial charge in [-0.3, -0.25) is 9.59 Å². The molecule has 1 unspecified atom stereocenters. The lowest BCUT2D eigenvalue weighted by molar-refractivity contribution is -0.134. The molecule has 0 radical (unpaired) electrons. The molecule has 1 atom stereocenters. The first kappa shape index (κ1) is 18.5. The van der Waals surface area contributed by atoms with Gasteiger partial charge in [-0.2, -0.15) is 0 Å². The topological polar surface area (TPSA) is 40.6 Å². The van der Waals surface area contributed by atoms with Gasteiger partial charge >= 0.3 is 0 Å². The highest BCUT2D eigenvalue weighted by Gasteiger charge is 2.25. The molecule has 132 valence electrons. The molecule has 0 aromatic heterocycles. The van der Waals surface area contributed by atoms with E-state index in [-0.39, 0.29) is 11.8 Å². The van der Waals surface area contributed by atoms with Gasteiger partial charge in [-0.15, -0.1) is 0 Å². The van der Waals surface area contributed by atoms with Gasteiger partial charge in [0, 0.05) is 38.2 Å². The van der Waals surface area contributed by atoms with Crippen LogP contribution in [0.3, 0.4) is 0 Å². The second-order valence-corrected chi connectivity index (χ2v) is 6.91. The normalized spacial score (nSPS) is 17.7. The van der Waals surface area contributed by atoms with Crippen molar-refractivity contribution in [2.75, 3.05) is 18.0 Å². The van der Waals surface area contributed by atoms with Crippen LogP contribution < -0.4 is 4.90 Å². The van der Waals surface area contributed by atoms with Gasteiger partial charge < -0.3 is 9.80 Å². The lowest BCUT2D eigenvalue weighted by Gasteiger charge is -2.36. The molecule has 1 aliphatic rings. The molecule has 0 aliphatic carbocycles. The fraction of sp³-hybridized carbons (Fsp3) is 0.600. The zero-order valence-electron chi connectivity index (χ0n) is 15.5. The Labute approximate surface area is 145 Å². The van der Waals surface area contributed by atoms with Gasteiger partial charge in [0.15, 0.2) is 0 Å². The molecule has 4 nitrogen and oxygen atoms in total. The van der Waals surface area contributed by atoms with Gasteiger partial charge in [0.25, 0.3) is 0 Å². The highest BCUT2D eigenvalue weighted by Crippen LogP contribution is 2.22. The van der Waals surface area contributed by atoms with Crippen LogP contribution in [0.5, 0.6) is 0 Å². The number of piperidine rings is 1. The molecule has 0 saturated carbocycles. The Morgan fingerprint density at radius 2 is 1.83 bits per heavy atom. The van der Waals surface area contributed by atoms with Crippen LogP contribution >= 0.6 is 0 Å². The molecular weight excluding hydrogens is 300 g/mol. The Balaban J connectivity index is 2.05. The number of likely N-dealkylation sites (tertiary alicyclic amines) is 1. The molecule has 1 fully saturated rings. The first-order valence-electron chi connectivity index (χ1n) is 9.08. The average Bonchev–Trinajstić information content (AvgIpc) is 2.53. The van der Waals surface area contributed by atoms with Crippen LogP contribution in [0.4, 0.5) is 5.69 Å². The smallest absolute Gasteiger partial charge is 0.224 e. The third-order valence-corrected chi connectivity index (χ3v) is 4.87. The van der Waals surface area contributed by atoms with Crippen molar-refractivity contribution in [1.29, 1.82) is 0 Å². The summed E-state index contributed by atoms with van der Waals surface area (Å²) in [5.74, 6) is 0.163. The Morgan fingerprint density at radius 3 is 2.42 bits per heavy atom. The van der Waals surface area contributed by atoms with Gasteiger partial charge in [0.1, 0.15) is 0 Å². The van der Waals surface area contributed by atoms with E-state index in [0.717, 1.165) is 42.6 Å². The number of nitrogens with zero attached hydrogens (tertiary/aromatic N) is 2. The van der Waals surface area contributed by atoms with E-state index in [1.54, 1.807) is 11.8 Å². The van der Waals surface area contributed by atoms with Crippen molar-refractivity contribution < 1.29 is 9.59 Å². The average molecular weight is 330 g/mol. The third-order valence-electron chi connectivity index (χ3n) is 4.87. The number of carbonyl (C=O) groups excluding carboxylic acids is 2. The Bertz CT molecular complexity index is 577. The summed E-state index contributed by atoms with van der Waals surface area (Å²) in [6.45, 7) is 9.08. The van der Waals surface area contributed by atoms with Crippen LogP contribution in [0.2, 0.25) is 0 Å². The van der Waals surface area contributed by atoms with E-state index in [4.69, 9.17) is 0 Å². The van der Waals surface area contributed by atoms with Crippen molar-refractivity contribution in [2.45, 2.75) is 65.8 Å². The summed E-state index contributed by atoms with van der Waals surface area (Å²) in [6.07, 6.45) is 4.82. The minimum atomic E-state index is -0.0153. The number of anilines is 1. The van der Waals surface area contributed by atoms with Crippen molar-refractivity contribution in [3.05, 3.63) is 29.3 Å². The van der Waals surface area contributed by atoms with E-state index >= 15 is 0 Å². The molecule has 1 aromatic carbocycles. The van der Waals surface area contributed by atoms with E-state index < -0.39 is 0 Å². The molecule has 1 saturated heterocycles. The minimum absolute atomic E-state index is 0.0153. The van der Waals surface area contributed by atoms with E-state index in [1.807, 2.05) is 30.9 Å². The van der Waals surface area contributed by atoms with Gasteiger partial charge in [-0.25, -0.2) is 0 Å². The maximum Gasteiger partial charge on any atom is 0.224 e. The van der Waals surface area contributed by atoms with Crippen LogP contribution in [0, 0.1) is 13.8 Å². The third kappa shape index (κ3) is 4.59. The van der Waals surface area contributed by atoms with Crippen molar-refractivity contribution >= 4 is 17.5 Å². The molecule has 1 aliphatic heterocycles. The molecule has 1 aromatic rings. The summed E-state index contributed by atoms with van der Waals surface area (Å²) >= 11 is 0. The van der Waals surface area contributed by atoms with Crippen LogP contribution in [0.1, 0.15) is 57.1 Å². The molecular formula is C20H30N2O2. The number of amides is 2. The van der Waals surface area contributed by atoms with Crippen LogP contribution in [-0.2, 0) is 9.59 Å². The van der Waals surface area contributed by atoms with Crippen LogP contribution in [0.15, 0.2) is 18.2 Å². The first-order chi connectivity index (χ1) is 11.4. The summed E-state index contributed by atoms with van der Waals surface area (Å²) in [5, 5.41) is 0. The highest BCUT2D eigenvalue weighted by atomic mass is 16.2. The fourth-order valence-electron chi connectivity index (χ4n) is 3.68. The maximum absolute atomic E-state index is 12.6. The van der Waals surface area contributed by atoms with Crippen molar-refractivity contribution in [3.63, 3.8) is 0 Å². The van der Waals surface area contributed by atoms with Gasteiger partial charge in [-0.1, -0.05) is 13.0 Å². The van der Waals surface area contributed by atoms with Crippen molar-refractivity contribution in [3.8, 4) is 0 Å². The molecule has 1 heterocycles. The minimum Gasteiger partial charge on any atom is -0.340 e. The summed E-state index contributed by atoms with van der Waals surface area (Å²) in [5.41, 5.74) is 3.15. The number of carbonyl (C=O) groups is 2. The molecule has 0 spiro atoms. The fourth-order valence-corrected chi connectivity index (χ4v) is 3.68. The number of hydrogen-bond donors (Lipinski definition) is 0. The van der Waals surface area contributed by atoms with E-state index in [1.165, 1.54) is 6.42 Å². The predicted molar refractivity (Wildman–Crippen MR) is 98.2 cm³/mol. The Hall–Kier alpha value is -1.84. The molecule has 4 heteroatoms. The number of benzene rings is 1. The number of rotatable bonds is 5. The van der Waals surface area contributed by atoms with Crippen LogP contribution in [0.25, 0.3) is 0 Å². The van der Waals surface area contributed by atoms with Crippen molar-refractivity contribution in [2.24, 2.45) is 0 Å². The van der Waals surface area contributed by atoms with Crippen LogP contribution in [-0.4, -0.2) is 35.8 Å². The Kier molecular flexibility index (Phi) is 6.41. The SMILES string of the molecule is CCC1CCCCN1C(=O)CCN(C(C)=O)c1cc(C)cc(C)c1. The number of hydrogen-bond acceptors (Lipinski definition) is 2. The van der Waals surface area contributed by atoms with Crippen molar-refractivity contribution in [1.82, 2.24) is 4.90 Å².